The Morgan fingerprint density at radius 3 is 2.55 bits per heavy atom. The average molecular weight is 562 g/mol. The number of carboxylic acids is 1. The number of nitrogens with one attached hydrogen (secondary N) is 1. The number of nitrogens with zero attached hydrogens (tertiary/aromatic N) is 4. The number of benzene rings is 1. The van der Waals surface area contributed by atoms with Gasteiger partial charge >= 0.3 is 12.1 Å². The lowest BCUT2D eigenvalue weighted by atomic mass is 10.1. The number of H-pyrrole nitrogens is 1. The van der Waals surface area contributed by atoms with Crippen molar-refractivity contribution >= 4 is 28.6 Å². The number of alkyl halides is 3. The molecule has 1 unspecified atom stereocenters. The lowest BCUT2D eigenvalue weighted by Crippen LogP contribution is -2.54. The van der Waals surface area contributed by atoms with E-state index in [1.54, 1.807) is 18.3 Å². The molecule has 1 atom stereocenters. The molecule has 5 rings (SSSR count). The number of hydrogen-bond donors (Lipinski definition) is 2. The zero-order valence-electron chi connectivity index (χ0n) is 20.0. The molecule has 4 heterocycles. The summed E-state index contributed by atoms with van der Waals surface area (Å²) in [5.74, 6) is -2.58. The molecule has 38 heavy (non-hydrogen) atoms. The Balaban J connectivity index is 0.000000426. The van der Waals surface area contributed by atoms with Crippen LogP contribution >= 0.6 is 11.6 Å². The van der Waals surface area contributed by atoms with Crippen LogP contribution in [0.5, 0.6) is 5.75 Å². The molecule has 0 saturated carbocycles. The first-order chi connectivity index (χ1) is 18.0. The second-order valence-corrected chi connectivity index (χ2v) is 9.25. The van der Waals surface area contributed by atoms with Gasteiger partial charge in [0.05, 0.1) is 23.3 Å². The lowest BCUT2D eigenvalue weighted by molar-refractivity contribution is -0.192. The third kappa shape index (κ3) is 6.08. The highest BCUT2D eigenvalue weighted by molar-refractivity contribution is 6.32. The van der Waals surface area contributed by atoms with Gasteiger partial charge < -0.3 is 19.6 Å². The zero-order valence-corrected chi connectivity index (χ0v) is 20.8. The SMILES string of the molecule is CC(c1nc2c(cnn2C2CCOCC2)c(=O)[nH]1)N1CC(Oc2c(F)cccc2Cl)C1.O=C(O)C(F)(F)F. The Morgan fingerprint density at radius 2 is 1.95 bits per heavy atom. The molecular formula is C23H24ClF4N5O5. The largest absolute Gasteiger partial charge is 0.490 e. The van der Waals surface area contributed by atoms with Gasteiger partial charge in [-0.2, -0.15) is 18.3 Å². The number of ether oxygens (including phenoxy) is 2. The zero-order chi connectivity index (χ0) is 27.6. The van der Waals surface area contributed by atoms with Crippen LogP contribution in [-0.4, -0.2) is 74.3 Å². The molecular weight excluding hydrogens is 538 g/mol. The van der Waals surface area contributed by atoms with E-state index >= 15 is 0 Å². The van der Waals surface area contributed by atoms with Crippen molar-refractivity contribution in [3.63, 3.8) is 0 Å². The summed E-state index contributed by atoms with van der Waals surface area (Å²) in [7, 11) is 0. The summed E-state index contributed by atoms with van der Waals surface area (Å²) in [6, 6.07) is 4.51. The maximum Gasteiger partial charge on any atom is 0.490 e. The van der Waals surface area contributed by atoms with E-state index in [0.717, 1.165) is 12.8 Å². The van der Waals surface area contributed by atoms with Gasteiger partial charge in [-0.25, -0.2) is 18.9 Å². The van der Waals surface area contributed by atoms with E-state index in [1.807, 2.05) is 11.6 Å². The van der Waals surface area contributed by atoms with E-state index < -0.39 is 18.0 Å². The number of carbonyl (C=O) groups is 1. The maximum atomic E-state index is 14.0. The van der Waals surface area contributed by atoms with E-state index in [2.05, 4.69) is 15.0 Å². The normalized spacial score (nSPS) is 17.9. The van der Waals surface area contributed by atoms with Crippen LogP contribution in [0.25, 0.3) is 11.0 Å². The average Bonchev–Trinajstić information content (AvgIpc) is 3.27. The minimum absolute atomic E-state index is 0.0785. The van der Waals surface area contributed by atoms with Crippen molar-refractivity contribution < 1.29 is 36.9 Å². The molecule has 0 amide bonds. The van der Waals surface area contributed by atoms with Crippen LogP contribution < -0.4 is 10.3 Å². The third-order valence-electron chi connectivity index (χ3n) is 6.28. The molecule has 2 fully saturated rings. The van der Waals surface area contributed by atoms with Gasteiger partial charge in [0.1, 0.15) is 17.3 Å². The molecule has 3 aromatic rings. The van der Waals surface area contributed by atoms with Gasteiger partial charge in [0, 0.05) is 26.3 Å². The second kappa shape index (κ2) is 11.3. The molecule has 10 nitrogen and oxygen atoms in total. The molecule has 206 valence electrons. The number of aliphatic carboxylic acids is 1. The van der Waals surface area contributed by atoms with Gasteiger partial charge in [-0.15, -0.1) is 0 Å². The Morgan fingerprint density at radius 1 is 1.29 bits per heavy atom. The van der Waals surface area contributed by atoms with Gasteiger partial charge in [0.15, 0.2) is 17.2 Å². The molecule has 2 N–H and O–H groups in total. The summed E-state index contributed by atoms with van der Waals surface area (Å²) in [6.07, 6.45) is -1.99. The van der Waals surface area contributed by atoms with Gasteiger partial charge in [-0.05, 0) is 31.9 Å². The van der Waals surface area contributed by atoms with Crippen LogP contribution in [0.15, 0.2) is 29.2 Å². The highest BCUT2D eigenvalue weighted by Gasteiger charge is 2.38. The van der Waals surface area contributed by atoms with Crippen LogP contribution in [0.4, 0.5) is 17.6 Å². The standard InChI is InChI=1S/C21H23ClFN5O3.C2HF3O2/c1-12(27-10-14(11-27)31-18-16(22)3-2-4-17(18)23)19-25-20-15(21(29)26-19)9-24-28(20)13-5-7-30-8-6-13;3-2(4,5)1(6)7/h2-4,9,12-14H,5-8,10-11H2,1H3,(H,25,26,29);(H,6,7). The quantitative estimate of drug-likeness (QED) is 0.452. The monoisotopic (exact) mass is 561 g/mol. The number of rotatable bonds is 5. The van der Waals surface area contributed by atoms with Crippen LogP contribution in [0.3, 0.4) is 0 Å². The topological polar surface area (TPSA) is 123 Å². The molecule has 2 saturated heterocycles. The Bertz CT molecular complexity index is 1330. The van der Waals surface area contributed by atoms with Crippen molar-refractivity contribution in [2.45, 2.75) is 44.1 Å². The van der Waals surface area contributed by atoms with Crippen LogP contribution in [0.1, 0.15) is 37.7 Å². The van der Waals surface area contributed by atoms with Crippen LogP contribution in [0.2, 0.25) is 5.02 Å². The summed E-state index contributed by atoms with van der Waals surface area (Å²) in [5.41, 5.74) is 0.403. The van der Waals surface area contributed by atoms with Crippen molar-refractivity contribution in [3.05, 3.63) is 51.4 Å². The summed E-state index contributed by atoms with van der Waals surface area (Å²) in [6.45, 7) is 4.49. The van der Waals surface area contributed by atoms with E-state index in [9.17, 15) is 22.4 Å². The van der Waals surface area contributed by atoms with Crippen molar-refractivity contribution in [3.8, 4) is 5.75 Å². The molecule has 0 aliphatic carbocycles. The second-order valence-electron chi connectivity index (χ2n) is 8.84. The first-order valence-corrected chi connectivity index (χ1v) is 12.0. The van der Waals surface area contributed by atoms with Crippen molar-refractivity contribution in [1.82, 2.24) is 24.6 Å². The molecule has 2 aliphatic heterocycles. The molecule has 1 aromatic carbocycles. The highest BCUT2D eigenvalue weighted by Crippen LogP contribution is 2.32. The van der Waals surface area contributed by atoms with Gasteiger partial charge in [0.2, 0.25) is 0 Å². The molecule has 15 heteroatoms. The lowest BCUT2D eigenvalue weighted by Gasteiger charge is -2.42. The molecule has 0 spiro atoms. The Labute approximate surface area is 218 Å². The van der Waals surface area contributed by atoms with E-state index in [-0.39, 0.29) is 34.5 Å². The predicted octanol–water partition coefficient (Wildman–Crippen LogP) is 3.72. The molecule has 2 aromatic heterocycles. The van der Waals surface area contributed by atoms with Gasteiger partial charge in [-0.1, -0.05) is 17.7 Å². The number of para-hydroxylation sites is 1. The number of halogens is 5. The Hall–Kier alpha value is -3.23. The fourth-order valence-corrected chi connectivity index (χ4v) is 4.35. The summed E-state index contributed by atoms with van der Waals surface area (Å²) in [5, 5.41) is 12.3. The summed E-state index contributed by atoms with van der Waals surface area (Å²) in [4.78, 5) is 31.3. The summed E-state index contributed by atoms with van der Waals surface area (Å²) < 4.78 is 58.7. The Kier molecular flexibility index (Phi) is 8.23. The number of likely N-dealkylation sites (tertiary alicyclic amines) is 1. The van der Waals surface area contributed by atoms with Crippen molar-refractivity contribution in [2.75, 3.05) is 26.3 Å². The number of hydrogen-bond acceptors (Lipinski definition) is 7. The van der Waals surface area contributed by atoms with Crippen LogP contribution in [0, 0.1) is 5.82 Å². The third-order valence-corrected chi connectivity index (χ3v) is 6.58. The molecule has 0 radical (unpaired) electrons. The first-order valence-electron chi connectivity index (χ1n) is 11.7. The molecule has 0 bridgehead atoms. The fourth-order valence-electron chi connectivity index (χ4n) is 4.14. The number of aromatic nitrogens is 4. The van der Waals surface area contributed by atoms with Crippen LogP contribution in [-0.2, 0) is 9.53 Å². The van der Waals surface area contributed by atoms with Crippen molar-refractivity contribution in [2.24, 2.45) is 0 Å². The first kappa shape index (κ1) is 27.8. The number of aromatic amines is 1. The van der Waals surface area contributed by atoms with E-state index in [4.69, 9.17) is 36.0 Å². The smallest absolute Gasteiger partial charge is 0.483 e. The maximum absolute atomic E-state index is 14.0. The number of fused-ring (bicyclic) bond motifs is 1. The van der Waals surface area contributed by atoms with E-state index in [1.165, 1.54) is 6.07 Å². The van der Waals surface area contributed by atoms with Crippen molar-refractivity contribution in [1.29, 1.82) is 0 Å². The number of carboxylic acid groups (broad SMARTS) is 1. The van der Waals surface area contributed by atoms with Gasteiger partial charge in [0.25, 0.3) is 5.56 Å². The molecule has 2 aliphatic rings. The van der Waals surface area contributed by atoms with Gasteiger partial charge in [-0.3, -0.25) is 9.69 Å². The fraction of sp³-hybridized carbons (Fsp3) is 0.478. The predicted molar refractivity (Wildman–Crippen MR) is 127 cm³/mol. The van der Waals surface area contributed by atoms with E-state index in [0.29, 0.717) is 43.2 Å². The highest BCUT2D eigenvalue weighted by atomic mass is 35.5. The minimum atomic E-state index is -5.08. The minimum Gasteiger partial charge on any atom is -0.483 e. The summed E-state index contributed by atoms with van der Waals surface area (Å²) >= 11 is 6.05.